The van der Waals surface area contributed by atoms with Gasteiger partial charge < -0.3 is 5.32 Å². The third kappa shape index (κ3) is 3.47. The van der Waals surface area contributed by atoms with Gasteiger partial charge in [-0.1, -0.05) is 37.5 Å². The lowest BCUT2D eigenvalue weighted by atomic mass is 9.84. The van der Waals surface area contributed by atoms with Crippen LogP contribution in [0.25, 0.3) is 5.69 Å². The van der Waals surface area contributed by atoms with Crippen LogP contribution in [0.2, 0.25) is 0 Å². The largest absolute Gasteiger partial charge is 0.307 e. The van der Waals surface area contributed by atoms with Crippen LogP contribution in [-0.2, 0) is 6.54 Å². The Balaban J connectivity index is 1.62. The zero-order chi connectivity index (χ0) is 14.5. The predicted molar refractivity (Wildman–Crippen MR) is 82.0 cm³/mol. The molecule has 1 atom stereocenters. The van der Waals surface area contributed by atoms with E-state index in [2.05, 4.69) is 27.8 Å². The van der Waals surface area contributed by atoms with Crippen LogP contribution in [0.4, 0.5) is 0 Å². The number of nitrogens with zero attached hydrogens (tertiary/aromatic N) is 4. The topological polar surface area (TPSA) is 55.6 Å². The van der Waals surface area contributed by atoms with Crippen molar-refractivity contribution in [2.75, 3.05) is 0 Å². The van der Waals surface area contributed by atoms with E-state index < -0.39 is 0 Å². The van der Waals surface area contributed by atoms with E-state index >= 15 is 0 Å². The number of hydrogen-bond donors (Lipinski definition) is 1. The molecule has 1 fully saturated rings. The molecule has 0 saturated heterocycles. The highest BCUT2D eigenvalue weighted by Crippen LogP contribution is 2.26. The molecule has 3 rings (SSSR count). The summed E-state index contributed by atoms with van der Waals surface area (Å²) in [6.07, 6.45) is 6.84. The van der Waals surface area contributed by atoms with Gasteiger partial charge in [0.05, 0.1) is 12.2 Å². The molecule has 1 aromatic carbocycles. The van der Waals surface area contributed by atoms with Crippen LogP contribution in [0.3, 0.4) is 0 Å². The number of benzene rings is 1. The van der Waals surface area contributed by atoms with Crippen LogP contribution in [0, 0.1) is 5.92 Å². The number of tetrazole rings is 1. The maximum atomic E-state index is 4.15. The summed E-state index contributed by atoms with van der Waals surface area (Å²) >= 11 is 0. The van der Waals surface area contributed by atoms with Crippen molar-refractivity contribution in [1.82, 2.24) is 25.5 Å². The van der Waals surface area contributed by atoms with E-state index in [1.165, 1.54) is 32.1 Å². The summed E-state index contributed by atoms with van der Waals surface area (Å²) in [7, 11) is 0. The fraction of sp³-hybridized carbons (Fsp3) is 0.562. The monoisotopic (exact) mass is 285 g/mol. The minimum Gasteiger partial charge on any atom is -0.307 e. The number of hydrogen-bond acceptors (Lipinski definition) is 4. The Morgan fingerprint density at radius 1 is 1.19 bits per heavy atom. The molecule has 1 aliphatic carbocycles. The van der Waals surface area contributed by atoms with Gasteiger partial charge in [-0.25, -0.2) is 0 Å². The Kier molecular flexibility index (Phi) is 4.60. The van der Waals surface area contributed by atoms with Crippen molar-refractivity contribution in [3.05, 3.63) is 36.2 Å². The standard InChI is InChI=1S/C16H23N5/c1-13(14-8-4-2-5-9-14)17-12-16-18-19-20-21(16)15-10-6-3-7-11-15/h3,6-7,10-11,13-14,17H,2,4-5,8-9,12H2,1H3/t13-/m1/s1. The van der Waals surface area contributed by atoms with Crippen LogP contribution in [-0.4, -0.2) is 26.2 Å². The van der Waals surface area contributed by atoms with Crippen molar-refractivity contribution in [3.8, 4) is 5.69 Å². The Labute approximate surface area is 125 Å². The lowest BCUT2D eigenvalue weighted by Gasteiger charge is -2.28. The maximum Gasteiger partial charge on any atom is 0.170 e. The van der Waals surface area contributed by atoms with Gasteiger partial charge >= 0.3 is 0 Å². The van der Waals surface area contributed by atoms with E-state index in [9.17, 15) is 0 Å². The molecule has 0 aliphatic heterocycles. The second-order valence-electron chi connectivity index (χ2n) is 5.91. The predicted octanol–water partition coefficient (Wildman–Crippen LogP) is 2.72. The number of para-hydroxylation sites is 1. The average Bonchev–Trinajstić information content (AvgIpc) is 3.03. The van der Waals surface area contributed by atoms with Gasteiger partial charge in [-0.2, -0.15) is 4.68 Å². The van der Waals surface area contributed by atoms with Gasteiger partial charge in [-0.15, -0.1) is 5.10 Å². The van der Waals surface area contributed by atoms with Crippen molar-refractivity contribution in [3.63, 3.8) is 0 Å². The van der Waals surface area contributed by atoms with Crippen LogP contribution in [0.15, 0.2) is 30.3 Å². The molecule has 1 saturated carbocycles. The zero-order valence-electron chi connectivity index (χ0n) is 12.6. The van der Waals surface area contributed by atoms with E-state index in [4.69, 9.17) is 0 Å². The molecule has 112 valence electrons. The molecule has 0 bridgehead atoms. The van der Waals surface area contributed by atoms with Gasteiger partial charge in [-0.3, -0.25) is 0 Å². The van der Waals surface area contributed by atoms with Gasteiger partial charge in [-0.05, 0) is 48.2 Å². The summed E-state index contributed by atoms with van der Waals surface area (Å²) in [4.78, 5) is 0. The number of nitrogens with one attached hydrogen (secondary N) is 1. The molecule has 1 N–H and O–H groups in total. The van der Waals surface area contributed by atoms with E-state index in [-0.39, 0.29) is 0 Å². The van der Waals surface area contributed by atoms with Crippen molar-refractivity contribution >= 4 is 0 Å². The summed E-state index contributed by atoms with van der Waals surface area (Å²) in [5.74, 6) is 1.66. The van der Waals surface area contributed by atoms with E-state index in [1.54, 1.807) is 4.68 Å². The summed E-state index contributed by atoms with van der Waals surface area (Å²) in [6.45, 7) is 2.99. The third-order valence-electron chi connectivity index (χ3n) is 4.47. The zero-order valence-corrected chi connectivity index (χ0v) is 12.6. The highest BCUT2D eigenvalue weighted by atomic mass is 15.5. The first-order chi connectivity index (χ1) is 10.3. The fourth-order valence-corrected chi connectivity index (χ4v) is 3.14. The molecular weight excluding hydrogens is 262 g/mol. The molecule has 0 radical (unpaired) electrons. The first kappa shape index (κ1) is 14.2. The molecule has 1 heterocycles. The first-order valence-electron chi connectivity index (χ1n) is 7.90. The summed E-state index contributed by atoms with van der Waals surface area (Å²) < 4.78 is 1.81. The van der Waals surface area contributed by atoms with Crippen LogP contribution in [0.1, 0.15) is 44.9 Å². The summed E-state index contributed by atoms with van der Waals surface area (Å²) in [5.41, 5.74) is 1.00. The minimum absolute atomic E-state index is 0.520. The first-order valence-corrected chi connectivity index (χ1v) is 7.90. The van der Waals surface area contributed by atoms with Crippen LogP contribution in [0.5, 0.6) is 0 Å². The van der Waals surface area contributed by atoms with Crippen molar-refractivity contribution in [1.29, 1.82) is 0 Å². The minimum atomic E-state index is 0.520. The SMILES string of the molecule is C[C@@H](NCc1nnnn1-c1ccccc1)C1CCCCC1. The number of rotatable bonds is 5. The molecule has 0 spiro atoms. The number of aromatic nitrogens is 4. The van der Waals surface area contributed by atoms with E-state index in [0.717, 1.165) is 17.4 Å². The Hall–Kier alpha value is -1.75. The van der Waals surface area contributed by atoms with Crippen LogP contribution < -0.4 is 5.32 Å². The van der Waals surface area contributed by atoms with Crippen LogP contribution >= 0.6 is 0 Å². The Morgan fingerprint density at radius 3 is 2.71 bits per heavy atom. The van der Waals surface area contributed by atoms with E-state index in [0.29, 0.717) is 12.6 Å². The normalized spacial score (nSPS) is 17.8. The molecule has 5 nitrogen and oxygen atoms in total. The second-order valence-corrected chi connectivity index (χ2v) is 5.91. The average molecular weight is 285 g/mol. The smallest absolute Gasteiger partial charge is 0.170 e. The molecule has 5 heteroatoms. The quantitative estimate of drug-likeness (QED) is 0.917. The lowest BCUT2D eigenvalue weighted by Crippen LogP contribution is -2.35. The van der Waals surface area contributed by atoms with Gasteiger partial charge in [0, 0.05) is 6.04 Å². The maximum absolute atomic E-state index is 4.15. The van der Waals surface area contributed by atoms with Crippen molar-refractivity contribution in [2.24, 2.45) is 5.92 Å². The van der Waals surface area contributed by atoms with Gasteiger partial charge in [0.15, 0.2) is 5.82 Å². The molecule has 1 aliphatic rings. The highest BCUT2D eigenvalue weighted by molar-refractivity contribution is 5.30. The van der Waals surface area contributed by atoms with Gasteiger partial charge in [0.2, 0.25) is 0 Å². The molecule has 0 unspecified atom stereocenters. The van der Waals surface area contributed by atoms with Crippen molar-refractivity contribution < 1.29 is 0 Å². The Bertz CT molecular complexity index is 545. The fourth-order valence-electron chi connectivity index (χ4n) is 3.14. The second kappa shape index (κ2) is 6.80. The Morgan fingerprint density at radius 2 is 1.95 bits per heavy atom. The molecule has 2 aromatic rings. The molecule has 0 amide bonds. The highest BCUT2D eigenvalue weighted by Gasteiger charge is 2.20. The van der Waals surface area contributed by atoms with Gasteiger partial charge in [0.1, 0.15) is 0 Å². The third-order valence-corrected chi connectivity index (χ3v) is 4.47. The van der Waals surface area contributed by atoms with E-state index in [1.807, 2.05) is 30.3 Å². The van der Waals surface area contributed by atoms with Gasteiger partial charge in [0.25, 0.3) is 0 Å². The molecule has 1 aromatic heterocycles. The molecule has 21 heavy (non-hydrogen) atoms. The lowest BCUT2D eigenvalue weighted by molar-refractivity contribution is 0.279. The summed E-state index contributed by atoms with van der Waals surface area (Å²) in [6, 6.07) is 10.6. The van der Waals surface area contributed by atoms with Crippen molar-refractivity contribution in [2.45, 2.75) is 51.6 Å². The molecular formula is C16H23N5. The summed E-state index contributed by atoms with van der Waals surface area (Å²) in [5, 5.41) is 15.7.